The number of aromatic nitrogens is 5. The summed E-state index contributed by atoms with van der Waals surface area (Å²) in [5, 5.41) is 18.7. The highest BCUT2D eigenvalue weighted by Crippen LogP contribution is 2.35. The van der Waals surface area contributed by atoms with E-state index in [0.717, 1.165) is 17.1 Å². The highest BCUT2D eigenvalue weighted by Gasteiger charge is 2.29. The number of benzene rings is 1. The average Bonchev–Trinajstić information content (AvgIpc) is 3.60. The fourth-order valence-corrected chi connectivity index (χ4v) is 5.10. The standard InChI is InChI=1S/C26H30N6O2S/c1-16(2)23(22-7-6-12-35-22)28-24(19-10-8-17(14-27-19)26(3,4)5)25-29-30-31-32(25)18-9-11-20-21(13-18)34-15-33-20/h6-14,16,23-24,28H,15H2,1-5H3. The van der Waals surface area contributed by atoms with E-state index < -0.39 is 0 Å². The molecule has 0 radical (unpaired) electrons. The van der Waals surface area contributed by atoms with Crippen molar-refractivity contribution in [3.05, 3.63) is 76.0 Å². The molecule has 1 aliphatic heterocycles. The van der Waals surface area contributed by atoms with E-state index in [1.165, 1.54) is 10.4 Å². The first kappa shape index (κ1) is 23.4. The predicted molar refractivity (Wildman–Crippen MR) is 135 cm³/mol. The van der Waals surface area contributed by atoms with Gasteiger partial charge in [0.25, 0.3) is 0 Å². The van der Waals surface area contributed by atoms with Gasteiger partial charge in [0, 0.05) is 23.2 Å². The molecule has 0 fully saturated rings. The third-order valence-electron chi connectivity index (χ3n) is 6.16. The number of fused-ring (bicyclic) bond motifs is 1. The summed E-state index contributed by atoms with van der Waals surface area (Å²) < 4.78 is 12.8. The second-order valence-corrected chi connectivity index (χ2v) is 11.0. The van der Waals surface area contributed by atoms with Crippen LogP contribution in [0.2, 0.25) is 0 Å². The number of hydrogen-bond donors (Lipinski definition) is 1. The van der Waals surface area contributed by atoms with Crippen LogP contribution in [0.1, 0.15) is 68.7 Å². The van der Waals surface area contributed by atoms with Gasteiger partial charge >= 0.3 is 0 Å². The van der Waals surface area contributed by atoms with Crippen LogP contribution in [0.5, 0.6) is 11.5 Å². The van der Waals surface area contributed by atoms with Crippen molar-refractivity contribution in [3.8, 4) is 17.2 Å². The molecule has 4 heterocycles. The highest BCUT2D eigenvalue weighted by molar-refractivity contribution is 7.10. The van der Waals surface area contributed by atoms with Gasteiger partial charge in [-0.15, -0.1) is 16.4 Å². The molecule has 0 aliphatic carbocycles. The molecule has 2 unspecified atom stereocenters. The normalized spacial score (nSPS) is 14.9. The Labute approximate surface area is 209 Å². The molecule has 8 nitrogen and oxygen atoms in total. The molecule has 0 bridgehead atoms. The molecule has 3 aromatic heterocycles. The number of hydrogen-bond acceptors (Lipinski definition) is 8. The molecule has 182 valence electrons. The van der Waals surface area contributed by atoms with Crippen LogP contribution in [0, 0.1) is 5.92 Å². The molecular formula is C26H30N6O2S. The Bertz CT molecular complexity index is 1280. The zero-order valence-electron chi connectivity index (χ0n) is 20.6. The van der Waals surface area contributed by atoms with Gasteiger partial charge in [0.1, 0.15) is 6.04 Å². The molecule has 0 saturated carbocycles. The molecule has 4 aromatic rings. The number of nitrogens with zero attached hydrogens (tertiary/aromatic N) is 5. The summed E-state index contributed by atoms with van der Waals surface area (Å²) in [5.74, 6) is 2.40. The zero-order valence-corrected chi connectivity index (χ0v) is 21.4. The first-order chi connectivity index (χ1) is 16.8. The van der Waals surface area contributed by atoms with Crippen molar-refractivity contribution in [1.29, 1.82) is 0 Å². The first-order valence-electron chi connectivity index (χ1n) is 11.8. The van der Waals surface area contributed by atoms with Gasteiger partial charge in [-0.3, -0.25) is 10.3 Å². The Kier molecular flexibility index (Phi) is 6.29. The minimum atomic E-state index is -0.334. The average molecular weight is 491 g/mol. The highest BCUT2D eigenvalue weighted by atomic mass is 32.1. The van der Waals surface area contributed by atoms with Crippen LogP contribution in [0.15, 0.2) is 54.0 Å². The number of ether oxygens (including phenoxy) is 2. The molecule has 1 aromatic carbocycles. The maximum absolute atomic E-state index is 5.58. The Balaban J connectivity index is 1.58. The van der Waals surface area contributed by atoms with Gasteiger partial charge in [-0.05, 0) is 57.0 Å². The second kappa shape index (κ2) is 9.39. The lowest BCUT2D eigenvalue weighted by Gasteiger charge is -2.27. The molecule has 0 saturated heterocycles. The molecule has 0 spiro atoms. The number of thiophene rings is 1. The Morgan fingerprint density at radius 1 is 1.06 bits per heavy atom. The number of pyridine rings is 1. The maximum Gasteiger partial charge on any atom is 0.231 e. The second-order valence-electron chi connectivity index (χ2n) is 10.0. The van der Waals surface area contributed by atoms with Crippen LogP contribution in [-0.2, 0) is 5.41 Å². The van der Waals surface area contributed by atoms with Crippen molar-refractivity contribution >= 4 is 11.3 Å². The van der Waals surface area contributed by atoms with E-state index in [1.54, 1.807) is 16.0 Å². The molecule has 9 heteroatoms. The monoisotopic (exact) mass is 490 g/mol. The van der Waals surface area contributed by atoms with E-state index in [0.29, 0.717) is 17.5 Å². The summed E-state index contributed by atoms with van der Waals surface area (Å²) in [6.07, 6.45) is 1.95. The van der Waals surface area contributed by atoms with Gasteiger partial charge in [0.15, 0.2) is 17.3 Å². The summed E-state index contributed by atoms with van der Waals surface area (Å²) >= 11 is 1.74. The van der Waals surface area contributed by atoms with E-state index in [2.05, 4.69) is 85.1 Å². The largest absolute Gasteiger partial charge is 0.454 e. The quantitative estimate of drug-likeness (QED) is 0.380. The molecule has 2 atom stereocenters. The van der Waals surface area contributed by atoms with Crippen molar-refractivity contribution in [1.82, 2.24) is 30.5 Å². The SMILES string of the molecule is CC(C)C(NC(c1ccc(C(C)(C)C)cn1)c1nnnn1-c1ccc2c(c1)OCO2)c1cccs1. The van der Waals surface area contributed by atoms with E-state index in [-0.39, 0.29) is 24.3 Å². The van der Waals surface area contributed by atoms with Crippen molar-refractivity contribution in [2.24, 2.45) is 5.92 Å². The van der Waals surface area contributed by atoms with Crippen molar-refractivity contribution in [3.63, 3.8) is 0 Å². The molecule has 1 N–H and O–H groups in total. The summed E-state index contributed by atoms with van der Waals surface area (Å²) in [7, 11) is 0. The fraction of sp³-hybridized carbons (Fsp3) is 0.385. The Morgan fingerprint density at radius 3 is 2.57 bits per heavy atom. The maximum atomic E-state index is 5.58. The Morgan fingerprint density at radius 2 is 1.89 bits per heavy atom. The minimum Gasteiger partial charge on any atom is -0.454 e. The summed E-state index contributed by atoms with van der Waals surface area (Å²) in [5.41, 5.74) is 2.84. The van der Waals surface area contributed by atoms with E-state index in [1.807, 2.05) is 24.4 Å². The predicted octanol–water partition coefficient (Wildman–Crippen LogP) is 5.22. The number of rotatable bonds is 7. The van der Waals surface area contributed by atoms with Crippen LogP contribution in [-0.4, -0.2) is 32.0 Å². The van der Waals surface area contributed by atoms with E-state index >= 15 is 0 Å². The van der Waals surface area contributed by atoms with Crippen LogP contribution >= 0.6 is 11.3 Å². The van der Waals surface area contributed by atoms with Gasteiger partial charge in [0.05, 0.1) is 11.4 Å². The van der Waals surface area contributed by atoms with Crippen molar-refractivity contribution < 1.29 is 9.47 Å². The van der Waals surface area contributed by atoms with Gasteiger partial charge in [-0.2, -0.15) is 4.68 Å². The van der Waals surface area contributed by atoms with Crippen molar-refractivity contribution in [2.45, 2.75) is 52.1 Å². The molecular weight excluding hydrogens is 460 g/mol. The van der Waals surface area contributed by atoms with E-state index in [4.69, 9.17) is 14.5 Å². The van der Waals surface area contributed by atoms with Crippen LogP contribution < -0.4 is 14.8 Å². The van der Waals surface area contributed by atoms with Crippen molar-refractivity contribution in [2.75, 3.05) is 6.79 Å². The molecule has 35 heavy (non-hydrogen) atoms. The van der Waals surface area contributed by atoms with Crippen LogP contribution in [0.4, 0.5) is 0 Å². The van der Waals surface area contributed by atoms with Crippen LogP contribution in [0.25, 0.3) is 5.69 Å². The van der Waals surface area contributed by atoms with Gasteiger partial charge in [0.2, 0.25) is 6.79 Å². The zero-order chi connectivity index (χ0) is 24.6. The first-order valence-corrected chi connectivity index (χ1v) is 12.6. The minimum absolute atomic E-state index is 0.0138. The smallest absolute Gasteiger partial charge is 0.231 e. The third-order valence-corrected chi connectivity index (χ3v) is 7.12. The summed E-state index contributed by atoms with van der Waals surface area (Å²) in [6, 6.07) is 13.9. The number of nitrogens with one attached hydrogen (secondary N) is 1. The molecule has 5 rings (SSSR count). The van der Waals surface area contributed by atoms with Crippen LogP contribution in [0.3, 0.4) is 0 Å². The van der Waals surface area contributed by atoms with Gasteiger partial charge in [-0.25, -0.2) is 0 Å². The molecule has 1 aliphatic rings. The summed E-state index contributed by atoms with van der Waals surface area (Å²) in [6.45, 7) is 11.2. The summed E-state index contributed by atoms with van der Waals surface area (Å²) in [4.78, 5) is 6.14. The lowest BCUT2D eigenvalue weighted by atomic mass is 9.88. The number of tetrazole rings is 1. The van der Waals surface area contributed by atoms with Gasteiger partial charge in [-0.1, -0.05) is 46.8 Å². The Hall–Kier alpha value is -3.30. The van der Waals surface area contributed by atoms with E-state index in [9.17, 15) is 0 Å². The lowest BCUT2D eigenvalue weighted by molar-refractivity contribution is 0.174. The lowest BCUT2D eigenvalue weighted by Crippen LogP contribution is -2.32. The fourth-order valence-electron chi connectivity index (χ4n) is 4.14. The third kappa shape index (κ3) is 4.78. The molecule has 0 amide bonds. The van der Waals surface area contributed by atoms with Gasteiger partial charge < -0.3 is 9.47 Å². The topological polar surface area (TPSA) is 87.0 Å².